The molecule has 3 aromatic rings. The van der Waals surface area contributed by atoms with Gasteiger partial charge in [0.1, 0.15) is 11.3 Å². The molecule has 0 radical (unpaired) electrons. The number of anilines is 2. The Balaban J connectivity index is 1.97. The summed E-state index contributed by atoms with van der Waals surface area (Å²) in [4.78, 5) is 8.78. The van der Waals surface area contributed by atoms with E-state index in [9.17, 15) is 0 Å². The minimum absolute atomic E-state index is 0.236. The predicted octanol–water partition coefficient (Wildman–Crippen LogP) is 3.15. The van der Waals surface area contributed by atoms with E-state index >= 15 is 0 Å². The maximum absolute atomic E-state index is 6.12. The topological polar surface area (TPSA) is 69.8 Å². The van der Waals surface area contributed by atoms with Crippen LogP contribution in [-0.4, -0.2) is 31.4 Å². The lowest BCUT2D eigenvalue weighted by molar-refractivity contribution is 0.384. The standard InChI is InChI=1S/C14H17ClN6O/c1-8(2)21-7-11(13(19-21)22-4)17-14-16-5-9-10(15)6-20(3)12(9)18-14/h5-8H,1-4H3,(H,16,17,18). The Morgan fingerprint density at radius 1 is 1.32 bits per heavy atom. The highest BCUT2D eigenvalue weighted by molar-refractivity contribution is 6.35. The number of fused-ring (bicyclic) bond motifs is 1. The van der Waals surface area contributed by atoms with E-state index in [2.05, 4.69) is 20.4 Å². The molecule has 0 amide bonds. The first-order chi connectivity index (χ1) is 10.5. The number of aryl methyl sites for hydroxylation is 1. The molecule has 7 nitrogen and oxygen atoms in total. The summed E-state index contributed by atoms with van der Waals surface area (Å²) >= 11 is 6.12. The van der Waals surface area contributed by atoms with Crippen molar-refractivity contribution in [2.75, 3.05) is 12.4 Å². The summed E-state index contributed by atoms with van der Waals surface area (Å²) in [6.45, 7) is 4.09. The molecule has 3 rings (SSSR count). The molecular weight excluding hydrogens is 304 g/mol. The molecule has 0 aliphatic heterocycles. The maximum atomic E-state index is 6.12. The van der Waals surface area contributed by atoms with Gasteiger partial charge in [0.15, 0.2) is 0 Å². The third-order valence-electron chi connectivity index (χ3n) is 3.33. The van der Waals surface area contributed by atoms with Gasteiger partial charge in [-0.15, -0.1) is 5.10 Å². The largest absolute Gasteiger partial charge is 0.478 e. The van der Waals surface area contributed by atoms with Crippen LogP contribution in [0.15, 0.2) is 18.6 Å². The van der Waals surface area contributed by atoms with E-state index in [1.165, 1.54) is 0 Å². The van der Waals surface area contributed by atoms with Crippen LogP contribution in [0.3, 0.4) is 0 Å². The minimum Gasteiger partial charge on any atom is -0.478 e. The molecule has 0 bridgehead atoms. The molecule has 22 heavy (non-hydrogen) atoms. The third-order valence-corrected chi connectivity index (χ3v) is 3.64. The van der Waals surface area contributed by atoms with Crippen LogP contribution in [0.4, 0.5) is 11.6 Å². The average Bonchev–Trinajstić information content (AvgIpc) is 3.01. The van der Waals surface area contributed by atoms with Gasteiger partial charge in [-0.2, -0.15) is 4.98 Å². The van der Waals surface area contributed by atoms with Gasteiger partial charge >= 0.3 is 0 Å². The van der Waals surface area contributed by atoms with Crippen LogP contribution in [0, 0.1) is 0 Å². The quantitative estimate of drug-likeness (QED) is 0.799. The van der Waals surface area contributed by atoms with Crippen LogP contribution in [0.1, 0.15) is 19.9 Å². The first-order valence-electron chi connectivity index (χ1n) is 6.87. The predicted molar refractivity (Wildman–Crippen MR) is 86.0 cm³/mol. The zero-order chi connectivity index (χ0) is 15.9. The maximum Gasteiger partial charge on any atom is 0.256 e. The molecule has 1 N–H and O–H groups in total. The summed E-state index contributed by atoms with van der Waals surface area (Å²) in [5.74, 6) is 0.967. The fourth-order valence-electron chi connectivity index (χ4n) is 2.17. The molecule has 0 fully saturated rings. The molecule has 0 aromatic carbocycles. The monoisotopic (exact) mass is 320 g/mol. The van der Waals surface area contributed by atoms with Crippen LogP contribution in [0.5, 0.6) is 5.88 Å². The van der Waals surface area contributed by atoms with Crippen molar-refractivity contribution < 1.29 is 4.74 Å². The fourth-order valence-corrected chi connectivity index (χ4v) is 2.45. The Morgan fingerprint density at radius 2 is 2.09 bits per heavy atom. The first-order valence-corrected chi connectivity index (χ1v) is 7.25. The van der Waals surface area contributed by atoms with Gasteiger partial charge in [-0.05, 0) is 13.8 Å². The molecule has 116 valence electrons. The van der Waals surface area contributed by atoms with Crippen molar-refractivity contribution in [3.05, 3.63) is 23.6 Å². The van der Waals surface area contributed by atoms with Crippen molar-refractivity contribution in [3.8, 4) is 5.88 Å². The number of rotatable bonds is 4. The van der Waals surface area contributed by atoms with Gasteiger partial charge in [-0.25, -0.2) is 4.98 Å². The highest BCUT2D eigenvalue weighted by Crippen LogP contribution is 2.28. The Bertz CT molecular complexity index is 822. The van der Waals surface area contributed by atoms with Crippen molar-refractivity contribution in [1.29, 1.82) is 0 Å². The van der Waals surface area contributed by atoms with Gasteiger partial charge in [0, 0.05) is 25.5 Å². The summed E-state index contributed by atoms with van der Waals surface area (Å²) in [6.07, 6.45) is 5.38. The Kier molecular flexibility index (Phi) is 3.66. The van der Waals surface area contributed by atoms with Crippen molar-refractivity contribution in [3.63, 3.8) is 0 Å². The number of hydrogen-bond acceptors (Lipinski definition) is 5. The minimum atomic E-state index is 0.236. The number of methoxy groups -OCH3 is 1. The number of halogens is 1. The zero-order valence-corrected chi connectivity index (χ0v) is 13.6. The molecule has 0 spiro atoms. The van der Waals surface area contributed by atoms with Crippen LogP contribution < -0.4 is 10.1 Å². The van der Waals surface area contributed by atoms with E-state index in [1.807, 2.05) is 42.5 Å². The van der Waals surface area contributed by atoms with E-state index in [0.29, 0.717) is 16.9 Å². The lowest BCUT2D eigenvalue weighted by atomic mass is 10.4. The van der Waals surface area contributed by atoms with Gasteiger partial charge in [-0.1, -0.05) is 11.6 Å². The molecule has 8 heteroatoms. The first kappa shape index (κ1) is 14.6. The number of nitrogens with one attached hydrogen (secondary N) is 1. The van der Waals surface area contributed by atoms with E-state index in [4.69, 9.17) is 16.3 Å². The van der Waals surface area contributed by atoms with Crippen molar-refractivity contribution in [1.82, 2.24) is 24.3 Å². The Labute approximate surface area is 132 Å². The van der Waals surface area contributed by atoms with E-state index in [-0.39, 0.29) is 6.04 Å². The second kappa shape index (κ2) is 5.49. The van der Waals surface area contributed by atoms with Gasteiger partial charge < -0.3 is 14.6 Å². The molecule has 0 aliphatic carbocycles. The van der Waals surface area contributed by atoms with Gasteiger partial charge in [0.2, 0.25) is 5.95 Å². The Hall–Kier alpha value is -2.28. The van der Waals surface area contributed by atoms with Crippen LogP contribution in [-0.2, 0) is 7.05 Å². The van der Waals surface area contributed by atoms with Gasteiger partial charge in [0.25, 0.3) is 5.88 Å². The van der Waals surface area contributed by atoms with Crippen LogP contribution in [0.2, 0.25) is 5.02 Å². The summed E-state index contributed by atoms with van der Waals surface area (Å²) in [6, 6.07) is 0.236. The lowest BCUT2D eigenvalue weighted by Gasteiger charge is -2.04. The molecule has 0 aliphatic rings. The normalized spacial score (nSPS) is 11.4. The fraction of sp³-hybridized carbons (Fsp3) is 0.357. The summed E-state index contributed by atoms with van der Waals surface area (Å²) in [5, 5.41) is 8.95. The van der Waals surface area contributed by atoms with Crippen LogP contribution >= 0.6 is 11.6 Å². The lowest BCUT2D eigenvalue weighted by Crippen LogP contribution is -2.00. The van der Waals surface area contributed by atoms with Gasteiger partial charge in [-0.3, -0.25) is 4.68 Å². The Morgan fingerprint density at radius 3 is 2.77 bits per heavy atom. The van der Waals surface area contributed by atoms with E-state index < -0.39 is 0 Å². The second-order valence-corrected chi connectivity index (χ2v) is 5.68. The van der Waals surface area contributed by atoms with Crippen molar-refractivity contribution in [2.24, 2.45) is 7.05 Å². The highest BCUT2D eigenvalue weighted by Gasteiger charge is 2.14. The van der Waals surface area contributed by atoms with E-state index in [1.54, 1.807) is 13.3 Å². The molecule has 0 saturated carbocycles. The molecule has 0 atom stereocenters. The molecule has 3 heterocycles. The van der Waals surface area contributed by atoms with Crippen molar-refractivity contribution in [2.45, 2.75) is 19.9 Å². The molecule has 0 saturated heterocycles. The second-order valence-electron chi connectivity index (χ2n) is 5.27. The number of hydrogen-bond donors (Lipinski definition) is 1. The van der Waals surface area contributed by atoms with E-state index in [0.717, 1.165) is 16.7 Å². The summed E-state index contributed by atoms with van der Waals surface area (Å²) in [5.41, 5.74) is 1.48. The number of nitrogens with zero attached hydrogens (tertiary/aromatic N) is 5. The van der Waals surface area contributed by atoms with Gasteiger partial charge in [0.05, 0.1) is 23.7 Å². The molecular formula is C14H17ClN6O. The smallest absolute Gasteiger partial charge is 0.256 e. The number of ether oxygens (including phenoxy) is 1. The van der Waals surface area contributed by atoms with Crippen LogP contribution in [0.25, 0.3) is 11.0 Å². The third kappa shape index (κ3) is 2.48. The summed E-state index contributed by atoms with van der Waals surface area (Å²) in [7, 11) is 3.47. The number of aromatic nitrogens is 5. The summed E-state index contributed by atoms with van der Waals surface area (Å²) < 4.78 is 8.97. The average molecular weight is 321 g/mol. The highest BCUT2D eigenvalue weighted by atomic mass is 35.5. The zero-order valence-electron chi connectivity index (χ0n) is 12.8. The SMILES string of the molecule is COc1nn(C(C)C)cc1Nc1ncc2c(Cl)cn(C)c2n1. The molecule has 3 aromatic heterocycles. The van der Waals surface area contributed by atoms with Crippen molar-refractivity contribution >= 4 is 34.3 Å². The molecule has 0 unspecified atom stereocenters.